The molecule has 0 radical (unpaired) electrons. The van der Waals surface area contributed by atoms with Gasteiger partial charge < -0.3 is 10.6 Å². The van der Waals surface area contributed by atoms with Gasteiger partial charge >= 0.3 is 0 Å². The molecule has 0 aliphatic heterocycles. The van der Waals surface area contributed by atoms with Gasteiger partial charge in [-0.3, -0.25) is 4.79 Å². The molecule has 0 aliphatic carbocycles. The molecule has 0 spiro atoms. The zero-order chi connectivity index (χ0) is 10.5. The molecule has 2 N–H and O–H groups in total. The van der Waals surface area contributed by atoms with Crippen LogP contribution in [0.25, 0.3) is 0 Å². The fourth-order valence-corrected chi connectivity index (χ4v) is 0.972. The maximum atomic E-state index is 11.2. The van der Waals surface area contributed by atoms with Gasteiger partial charge in [0.1, 0.15) is 0 Å². The normalized spacial score (nSPS) is 11.1. The maximum absolute atomic E-state index is 11.2. The molecular weight excluding hydrogens is 232 g/mol. The summed E-state index contributed by atoms with van der Waals surface area (Å²) in [6, 6.07) is 0. The van der Waals surface area contributed by atoms with Gasteiger partial charge in [-0.1, -0.05) is 22.5 Å². The van der Waals surface area contributed by atoms with Crippen molar-refractivity contribution < 1.29 is 4.79 Å². The predicted molar refractivity (Wildman–Crippen MR) is 58.8 cm³/mol. The van der Waals surface area contributed by atoms with Crippen LogP contribution < -0.4 is 10.6 Å². The Morgan fingerprint density at radius 2 is 1.92 bits per heavy atom. The molecule has 76 valence electrons. The van der Waals surface area contributed by atoms with Crippen LogP contribution in [-0.2, 0) is 4.79 Å². The van der Waals surface area contributed by atoms with Crippen molar-refractivity contribution in [2.45, 2.75) is 26.3 Å². The minimum atomic E-state index is -0.163. The summed E-state index contributed by atoms with van der Waals surface area (Å²) in [4.78, 5) is 11.2. The van der Waals surface area contributed by atoms with Crippen molar-refractivity contribution in [1.29, 1.82) is 0 Å². The monoisotopic (exact) mass is 248 g/mol. The Bertz CT molecular complexity index is 196. The summed E-state index contributed by atoms with van der Waals surface area (Å²) in [6.45, 7) is 10.4. The summed E-state index contributed by atoms with van der Waals surface area (Å²) in [5.41, 5.74) is -0.163. The highest BCUT2D eigenvalue weighted by atomic mass is 79.9. The Balaban J connectivity index is 3.59. The first-order valence-corrected chi connectivity index (χ1v) is 4.95. The molecule has 0 atom stereocenters. The van der Waals surface area contributed by atoms with Crippen LogP contribution in [-0.4, -0.2) is 24.5 Å². The fourth-order valence-electron chi connectivity index (χ4n) is 0.774. The van der Waals surface area contributed by atoms with E-state index in [9.17, 15) is 4.79 Å². The lowest BCUT2D eigenvalue weighted by Gasteiger charge is -2.20. The Kier molecular flexibility index (Phi) is 5.25. The molecule has 0 aromatic rings. The van der Waals surface area contributed by atoms with E-state index in [1.807, 2.05) is 20.8 Å². The molecule has 1 amide bonds. The largest absolute Gasteiger partial charge is 0.350 e. The predicted octanol–water partition coefficient (Wildman–Crippen LogP) is 1.40. The van der Waals surface area contributed by atoms with Crippen molar-refractivity contribution >= 4 is 21.8 Å². The molecule has 0 aliphatic rings. The summed E-state index contributed by atoms with van der Waals surface area (Å²) in [7, 11) is 0. The molecule has 4 heteroatoms. The average Bonchev–Trinajstić information content (AvgIpc) is 1.81. The molecule has 0 saturated heterocycles. The van der Waals surface area contributed by atoms with Crippen LogP contribution >= 0.6 is 15.9 Å². The van der Waals surface area contributed by atoms with Crippen LogP contribution in [0.1, 0.15) is 20.8 Å². The van der Waals surface area contributed by atoms with Crippen molar-refractivity contribution in [1.82, 2.24) is 10.6 Å². The zero-order valence-electron chi connectivity index (χ0n) is 8.41. The summed E-state index contributed by atoms with van der Waals surface area (Å²) in [6.07, 6.45) is 0. The third kappa shape index (κ3) is 9.56. The van der Waals surface area contributed by atoms with Crippen LogP contribution in [0.4, 0.5) is 0 Å². The van der Waals surface area contributed by atoms with Crippen LogP contribution in [0.2, 0.25) is 0 Å². The van der Waals surface area contributed by atoms with Crippen LogP contribution in [0, 0.1) is 0 Å². The third-order valence-electron chi connectivity index (χ3n) is 1.12. The first-order chi connectivity index (χ1) is 5.81. The minimum Gasteiger partial charge on any atom is -0.350 e. The number of amides is 1. The van der Waals surface area contributed by atoms with E-state index in [1.165, 1.54) is 0 Å². The van der Waals surface area contributed by atoms with Crippen molar-refractivity contribution in [3.05, 3.63) is 11.1 Å². The van der Waals surface area contributed by atoms with Gasteiger partial charge in [-0.2, -0.15) is 0 Å². The molecule has 0 fully saturated rings. The number of nitrogens with one attached hydrogen (secondary N) is 2. The Morgan fingerprint density at radius 1 is 1.38 bits per heavy atom. The average molecular weight is 249 g/mol. The lowest BCUT2D eigenvalue weighted by atomic mass is 10.1. The molecule has 0 bridgehead atoms. The second-order valence-electron chi connectivity index (χ2n) is 3.92. The molecule has 0 heterocycles. The van der Waals surface area contributed by atoms with E-state index < -0.39 is 0 Å². The Labute approximate surface area is 88.1 Å². The lowest BCUT2D eigenvalue weighted by molar-refractivity contribution is -0.121. The van der Waals surface area contributed by atoms with Gasteiger partial charge in [0, 0.05) is 16.6 Å². The van der Waals surface area contributed by atoms with Crippen LogP contribution in [0.3, 0.4) is 0 Å². The smallest absolute Gasteiger partial charge is 0.234 e. The molecule has 0 unspecified atom stereocenters. The molecule has 0 aromatic carbocycles. The first-order valence-electron chi connectivity index (χ1n) is 4.16. The van der Waals surface area contributed by atoms with Gasteiger partial charge in [-0.25, -0.2) is 0 Å². The van der Waals surface area contributed by atoms with E-state index in [2.05, 4.69) is 33.1 Å². The van der Waals surface area contributed by atoms with E-state index in [0.29, 0.717) is 13.1 Å². The fraction of sp³-hybridized carbons (Fsp3) is 0.667. The van der Waals surface area contributed by atoms with E-state index >= 15 is 0 Å². The number of halogens is 1. The molecule has 13 heavy (non-hydrogen) atoms. The summed E-state index contributed by atoms with van der Waals surface area (Å²) < 4.78 is 0.844. The highest BCUT2D eigenvalue weighted by Gasteiger charge is 2.12. The minimum absolute atomic E-state index is 0.00116. The molecule has 0 saturated carbocycles. The number of carbonyl (C=O) groups is 1. The van der Waals surface area contributed by atoms with Gasteiger partial charge in [-0.15, -0.1) is 0 Å². The SMILES string of the molecule is C=C(Br)CNCC(=O)NC(C)(C)C. The van der Waals surface area contributed by atoms with E-state index in [0.717, 1.165) is 4.48 Å². The van der Waals surface area contributed by atoms with E-state index in [1.54, 1.807) is 0 Å². The summed E-state index contributed by atoms with van der Waals surface area (Å²) in [5, 5.41) is 5.80. The van der Waals surface area contributed by atoms with E-state index in [4.69, 9.17) is 0 Å². The second-order valence-corrected chi connectivity index (χ2v) is 5.04. The summed E-state index contributed by atoms with van der Waals surface area (Å²) >= 11 is 3.20. The van der Waals surface area contributed by atoms with Crippen molar-refractivity contribution in [3.8, 4) is 0 Å². The lowest BCUT2D eigenvalue weighted by Crippen LogP contribution is -2.44. The number of hydrogen-bond donors (Lipinski definition) is 2. The third-order valence-corrected chi connectivity index (χ3v) is 1.40. The highest BCUT2D eigenvalue weighted by molar-refractivity contribution is 9.11. The quantitative estimate of drug-likeness (QED) is 0.790. The second kappa shape index (κ2) is 5.40. The van der Waals surface area contributed by atoms with Crippen LogP contribution in [0.5, 0.6) is 0 Å². The molecule has 3 nitrogen and oxygen atoms in total. The number of hydrogen-bond acceptors (Lipinski definition) is 2. The zero-order valence-corrected chi connectivity index (χ0v) is 9.99. The Hall–Kier alpha value is -0.350. The van der Waals surface area contributed by atoms with Crippen molar-refractivity contribution in [2.75, 3.05) is 13.1 Å². The Morgan fingerprint density at radius 3 is 2.31 bits per heavy atom. The van der Waals surface area contributed by atoms with Crippen molar-refractivity contribution in [2.24, 2.45) is 0 Å². The van der Waals surface area contributed by atoms with Gasteiger partial charge in [0.15, 0.2) is 0 Å². The highest BCUT2D eigenvalue weighted by Crippen LogP contribution is 1.98. The molecule has 0 aromatic heterocycles. The first kappa shape index (κ1) is 12.7. The molecule has 0 rings (SSSR count). The van der Waals surface area contributed by atoms with Gasteiger partial charge in [0.25, 0.3) is 0 Å². The maximum Gasteiger partial charge on any atom is 0.234 e. The standard InChI is InChI=1S/C9H17BrN2O/c1-7(10)5-11-6-8(13)12-9(2,3)4/h11H,1,5-6H2,2-4H3,(H,12,13). The van der Waals surface area contributed by atoms with E-state index in [-0.39, 0.29) is 11.4 Å². The van der Waals surface area contributed by atoms with Crippen LogP contribution in [0.15, 0.2) is 11.1 Å². The summed E-state index contributed by atoms with van der Waals surface area (Å²) in [5.74, 6) is 0.00116. The van der Waals surface area contributed by atoms with Gasteiger partial charge in [0.2, 0.25) is 5.91 Å². The molecular formula is C9H17BrN2O. The van der Waals surface area contributed by atoms with Gasteiger partial charge in [-0.05, 0) is 20.8 Å². The van der Waals surface area contributed by atoms with Crippen molar-refractivity contribution in [3.63, 3.8) is 0 Å². The van der Waals surface area contributed by atoms with Gasteiger partial charge in [0.05, 0.1) is 6.54 Å². The number of carbonyl (C=O) groups excluding carboxylic acids is 1. The number of rotatable bonds is 4. The topological polar surface area (TPSA) is 41.1 Å².